The molecule has 3 aliphatic rings. The maximum atomic E-state index is 6.75. The van der Waals surface area contributed by atoms with Crippen molar-refractivity contribution in [3.8, 4) is 16.8 Å². The van der Waals surface area contributed by atoms with Gasteiger partial charge in [0, 0.05) is 81.2 Å². The number of para-hydroxylation sites is 2. The quantitative estimate of drug-likeness (QED) is 0.154. The third-order valence-electron chi connectivity index (χ3n) is 16.5. The van der Waals surface area contributed by atoms with Crippen molar-refractivity contribution in [2.75, 3.05) is 4.81 Å². The first-order valence-corrected chi connectivity index (χ1v) is 24.9. The third kappa shape index (κ3) is 4.94. The molecule has 1 aliphatic carbocycles. The Morgan fingerprint density at radius 1 is 0.567 bits per heavy atom. The van der Waals surface area contributed by atoms with Gasteiger partial charge in [0.15, 0.2) is 0 Å². The number of hydrogen-bond acceptors (Lipinski definition) is 4. The molecule has 8 aromatic carbocycles. The first kappa shape index (κ1) is 38.4. The molecule has 15 rings (SSSR count). The largest absolute Gasteiger partial charge is 0.456 e. The molecule has 2 aliphatic heterocycles. The molecule has 67 heavy (non-hydrogen) atoms. The van der Waals surface area contributed by atoms with E-state index in [4.69, 9.17) is 8.83 Å². The number of aryl methyl sites for hydroxylation is 1. The van der Waals surface area contributed by atoms with E-state index in [0.29, 0.717) is 0 Å². The zero-order valence-corrected chi connectivity index (χ0v) is 40.1. The predicted molar refractivity (Wildman–Crippen MR) is 286 cm³/mol. The number of furan rings is 2. The summed E-state index contributed by atoms with van der Waals surface area (Å²) in [6.45, 7) is 18.9. The summed E-state index contributed by atoms with van der Waals surface area (Å²) in [5.41, 5.74) is 20.8. The zero-order chi connectivity index (χ0) is 45.2. The van der Waals surface area contributed by atoms with Crippen LogP contribution in [0.3, 0.4) is 0 Å². The Morgan fingerprint density at radius 2 is 1.19 bits per heavy atom. The highest BCUT2D eigenvalue weighted by molar-refractivity contribution is 7.26. The van der Waals surface area contributed by atoms with Crippen LogP contribution in [0.4, 0.5) is 11.4 Å². The molecule has 0 spiro atoms. The molecule has 12 aromatic rings. The maximum Gasteiger partial charge on any atom is 0.333 e. The summed E-state index contributed by atoms with van der Waals surface area (Å²) >= 11 is 1.96. The molecule has 0 amide bonds. The number of hydrogen-bond donors (Lipinski definition) is 0. The van der Waals surface area contributed by atoms with Crippen molar-refractivity contribution >= 4 is 126 Å². The van der Waals surface area contributed by atoms with Gasteiger partial charge in [-0.2, -0.15) is 0 Å². The van der Waals surface area contributed by atoms with Crippen LogP contribution < -0.4 is 15.7 Å². The molecule has 0 fully saturated rings. The van der Waals surface area contributed by atoms with Crippen LogP contribution in [-0.2, 0) is 16.2 Å². The number of anilines is 2. The van der Waals surface area contributed by atoms with Gasteiger partial charge in [-0.1, -0.05) is 109 Å². The molecule has 6 heterocycles. The lowest BCUT2D eigenvalue weighted by Crippen LogP contribution is -2.60. The van der Waals surface area contributed by atoms with Crippen LogP contribution in [0.1, 0.15) is 83.6 Å². The third-order valence-corrected chi connectivity index (χ3v) is 17.6. The van der Waals surface area contributed by atoms with E-state index in [2.05, 4.69) is 192 Å². The molecule has 0 saturated carbocycles. The van der Waals surface area contributed by atoms with Crippen LogP contribution in [0.15, 0.2) is 136 Å². The molecule has 0 bridgehead atoms. The number of benzene rings is 8. The lowest BCUT2D eigenvalue weighted by molar-refractivity contribution is 0.332. The Morgan fingerprint density at radius 3 is 1.90 bits per heavy atom. The number of nitrogens with zero attached hydrogens (tertiary/aromatic N) is 2. The van der Waals surface area contributed by atoms with E-state index in [0.717, 1.165) is 49.6 Å². The molecular weight excluding hydrogens is 836 g/mol. The van der Waals surface area contributed by atoms with Crippen molar-refractivity contribution in [3.05, 3.63) is 150 Å². The van der Waals surface area contributed by atoms with Crippen LogP contribution in [0.2, 0.25) is 0 Å². The first-order chi connectivity index (χ1) is 32.2. The molecule has 0 saturated heterocycles. The fourth-order valence-electron chi connectivity index (χ4n) is 12.9. The van der Waals surface area contributed by atoms with Gasteiger partial charge in [-0.05, 0) is 135 Å². The Bertz CT molecular complexity index is 4220. The maximum absolute atomic E-state index is 6.75. The second-order valence-corrected chi connectivity index (χ2v) is 23.5. The highest BCUT2D eigenvalue weighted by atomic mass is 32.1. The van der Waals surface area contributed by atoms with Gasteiger partial charge in [-0.3, -0.25) is 0 Å². The Kier molecular flexibility index (Phi) is 7.11. The van der Waals surface area contributed by atoms with Gasteiger partial charge in [0.2, 0.25) is 0 Å². The topological polar surface area (TPSA) is 34.5 Å². The van der Waals surface area contributed by atoms with E-state index in [-0.39, 0.29) is 23.1 Å². The van der Waals surface area contributed by atoms with Crippen molar-refractivity contribution < 1.29 is 8.83 Å². The minimum Gasteiger partial charge on any atom is -0.456 e. The zero-order valence-electron chi connectivity index (χ0n) is 39.2. The highest BCUT2D eigenvalue weighted by Crippen LogP contribution is 2.53. The van der Waals surface area contributed by atoms with Crippen LogP contribution in [-0.4, -0.2) is 11.4 Å². The second kappa shape index (κ2) is 12.4. The fourth-order valence-corrected chi connectivity index (χ4v) is 14.0. The number of aromatic nitrogens is 1. The number of fused-ring (bicyclic) bond motifs is 18. The summed E-state index contributed by atoms with van der Waals surface area (Å²) in [6.07, 6.45) is 2.40. The van der Waals surface area contributed by atoms with E-state index in [1.54, 1.807) is 0 Å². The van der Waals surface area contributed by atoms with Gasteiger partial charge < -0.3 is 18.2 Å². The van der Waals surface area contributed by atoms with Crippen molar-refractivity contribution in [1.82, 2.24) is 4.57 Å². The monoisotopic (exact) mass is 884 g/mol. The average Bonchev–Trinajstić information content (AvgIpc) is 4.06. The minimum absolute atomic E-state index is 0.0248. The standard InChI is InChI=1S/C61H49BN2O2S/c1-32-23-42-37-24-40-41-25-44-45(61(7,8)22-21-60(44,5)6)29-54(41)67-55(40)31-48(37)64(34-19-17-33(18-20-34)59(2,3)4)62-46-26-38-35-13-9-11-15-50(35)66-53(38)30-49(46)63-47-27-39-36-14-10-12-16-51(36)65-52(39)28-43(47)56(32)58(63)57(42)62/h9-20,23-31H,21-22H2,1-8H3. The van der Waals surface area contributed by atoms with Gasteiger partial charge in [-0.25, -0.2) is 0 Å². The smallest absolute Gasteiger partial charge is 0.333 e. The molecule has 4 aromatic heterocycles. The average molecular weight is 885 g/mol. The van der Waals surface area contributed by atoms with Crippen LogP contribution in [0.25, 0.3) is 103 Å². The molecule has 0 unspecified atom stereocenters. The van der Waals surface area contributed by atoms with Gasteiger partial charge in [0.1, 0.15) is 22.3 Å². The lowest BCUT2D eigenvalue weighted by atomic mass is 9.43. The normalized spacial score (nSPS) is 16.1. The van der Waals surface area contributed by atoms with Crippen molar-refractivity contribution in [1.29, 1.82) is 0 Å². The summed E-state index contributed by atoms with van der Waals surface area (Å²) < 4.78 is 18.7. The summed E-state index contributed by atoms with van der Waals surface area (Å²) in [7, 11) is 0. The van der Waals surface area contributed by atoms with Gasteiger partial charge >= 0.3 is 6.85 Å². The SMILES string of the molecule is Cc1cc2c3c4c1c1cc5oc6ccccc6c5cc1n4-c1cc4oc5ccccc5c4cc1B3N(c1ccc(C(C)(C)C)cc1)c1cc3sc4cc5c(cc4c3cc1-2)C(C)(C)CCC5(C)C. The Balaban J connectivity index is 1.11. The first-order valence-electron chi connectivity index (χ1n) is 24.1. The molecule has 6 heteroatoms. The van der Waals surface area contributed by atoms with Crippen LogP contribution >= 0.6 is 11.3 Å². The summed E-state index contributed by atoms with van der Waals surface area (Å²) in [6, 6.07) is 48.7. The van der Waals surface area contributed by atoms with E-state index in [9.17, 15) is 0 Å². The lowest BCUT2D eigenvalue weighted by Gasteiger charge is -2.42. The van der Waals surface area contributed by atoms with E-state index >= 15 is 0 Å². The summed E-state index contributed by atoms with van der Waals surface area (Å²) in [5.74, 6) is 0. The second-order valence-electron chi connectivity index (χ2n) is 22.4. The van der Waals surface area contributed by atoms with Gasteiger partial charge in [0.05, 0.1) is 11.0 Å². The fraction of sp³-hybridized carbons (Fsp3) is 0.213. The Hall–Kier alpha value is -6.76. The van der Waals surface area contributed by atoms with Crippen molar-refractivity contribution in [2.24, 2.45) is 0 Å². The molecule has 0 N–H and O–H groups in total. The number of thiophene rings is 1. The Labute approximate surface area is 393 Å². The molecule has 0 radical (unpaired) electrons. The van der Waals surface area contributed by atoms with Gasteiger partial charge in [0.25, 0.3) is 0 Å². The predicted octanol–water partition coefficient (Wildman–Crippen LogP) is 16.1. The van der Waals surface area contributed by atoms with E-state index in [1.807, 2.05) is 11.3 Å². The van der Waals surface area contributed by atoms with Gasteiger partial charge in [-0.15, -0.1) is 11.3 Å². The molecular formula is C61H49BN2O2S. The molecule has 4 nitrogen and oxygen atoms in total. The van der Waals surface area contributed by atoms with Crippen molar-refractivity contribution in [3.63, 3.8) is 0 Å². The molecule has 0 atom stereocenters. The summed E-state index contributed by atoms with van der Waals surface area (Å²) in [4.78, 5) is 2.69. The van der Waals surface area contributed by atoms with E-state index in [1.165, 1.54) is 111 Å². The van der Waals surface area contributed by atoms with Crippen molar-refractivity contribution in [2.45, 2.75) is 84.5 Å². The van der Waals surface area contributed by atoms with E-state index < -0.39 is 0 Å². The van der Waals surface area contributed by atoms with Crippen LogP contribution in [0, 0.1) is 6.92 Å². The minimum atomic E-state index is -0.125. The summed E-state index contributed by atoms with van der Waals surface area (Å²) in [5, 5.41) is 9.77. The van der Waals surface area contributed by atoms with Crippen LogP contribution in [0.5, 0.6) is 0 Å². The number of rotatable bonds is 1. The molecule has 324 valence electrons. The highest BCUT2D eigenvalue weighted by Gasteiger charge is 2.45.